The number of thiocarbonyl (C=S) groups is 1. The molecular formula is C11H12N4S2. The number of hydrogen-bond donors (Lipinski definition) is 1. The van der Waals surface area contributed by atoms with Crippen molar-refractivity contribution in [2.24, 2.45) is 5.73 Å². The molecule has 2 N–H and O–H groups in total. The maximum Gasteiger partial charge on any atom is 0.157 e. The Labute approximate surface area is 109 Å². The molecule has 0 aliphatic heterocycles. The minimum Gasteiger partial charge on any atom is -0.388 e. The molecule has 0 saturated heterocycles. The second-order valence-electron chi connectivity index (χ2n) is 3.58. The molecule has 0 aromatic carbocycles. The van der Waals surface area contributed by atoms with E-state index in [1.807, 2.05) is 17.3 Å². The number of rotatable bonds is 4. The van der Waals surface area contributed by atoms with Crippen LogP contribution in [-0.2, 0) is 6.54 Å². The summed E-state index contributed by atoms with van der Waals surface area (Å²) >= 11 is 6.64. The normalized spacial score (nSPS) is 10.2. The van der Waals surface area contributed by atoms with Crippen molar-refractivity contribution in [3.05, 3.63) is 40.5 Å². The highest BCUT2D eigenvalue weighted by Crippen LogP contribution is 2.17. The molecular weight excluding hydrogens is 252 g/mol. The molecule has 6 heteroatoms. The van der Waals surface area contributed by atoms with Crippen molar-refractivity contribution in [2.75, 3.05) is 11.9 Å². The zero-order valence-electron chi connectivity index (χ0n) is 9.33. The zero-order chi connectivity index (χ0) is 12.3. The average molecular weight is 264 g/mol. The summed E-state index contributed by atoms with van der Waals surface area (Å²) in [6.45, 7) is 0.762. The van der Waals surface area contributed by atoms with Gasteiger partial charge in [0.2, 0.25) is 0 Å². The zero-order valence-corrected chi connectivity index (χ0v) is 11.0. The van der Waals surface area contributed by atoms with Crippen LogP contribution in [0.15, 0.2) is 29.2 Å². The molecule has 0 aliphatic rings. The molecule has 4 nitrogen and oxygen atoms in total. The van der Waals surface area contributed by atoms with Gasteiger partial charge in [-0.25, -0.2) is 9.97 Å². The smallest absolute Gasteiger partial charge is 0.157 e. The standard InChI is InChI=1S/C11H12N4S2/c1-15(6-8-2-5-17-7-8)11-9(10(12)16)13-3-4-14-11/h2-5,7H,6H2,1H3,(H2,12,16). The Morgan fingerprint density at radius 3 is 2.88 bits per heavy atom. The lowest BCUT2D eigenvalue weighted by Crippen LogP contribution is -2.23. The number of hydrogen-bond acceptors (Lipinski definition) is 5. The maximum absolute atomic E-state index is 5.63. The van der Waals surface area contributed by atoms with E-state index in [2.05, 4.69) is 21.4 Å². The van der Waals surface area contributed by atoms with Crippen LogP contribution in [0.4, 0.5) is 5.82 Å². The van der Waals surface area contributed by atoms with Gasteiger partial charge in [0.25, 0.3) is 0 Å². The van der Waals surface area contributed by atoms with Gasteiger partial charge in [0.05, 0.1) is 0 Å². The van der Waals surface area contributed by atoms with Crippen LogP contribution in [0, 0.1) is 0 Å². The Bertz CT molecular complexity index is 510. The van der Waals surface area contributed by atoms with Crippen molar-refractivity contribution in [1.82, 2.24) is 9.97 Å². The Kier molecular flexibility index (Phi) is 3.65. The highest BCUT2D eigenvalue weighted by atomic mass is 32.1. The van der Waals surface area contributed by atoms with Crippen molar-refractivity contribution in [1.29, 1.82) is 0 Å². The van der Waals surface area contributed by atoms with Gasteiger partial charge >= 0.3 is 0 Å². The fraction of sp³-hybridized carbons (Fsp3) is 0.182. The molecule has 0 fully saturated rings. The van der Waals surface area contributed by atoms with E-state index in [1.54, 1.807) is 23.7 Å². The summed E-state index contributed by atoms with van der Waals surface area (Å²) in [6, 6.07) is 2.08. The van der Waals surface area contributed by atoms with Gasteiger partial charge < -0.3 is 10.6 Å². The van der Waals surface area contributed by atoms with Gasteiger partial charge in [-0.15, -0.1) is 0 Å². The fourth-order valence-electron chi connectivity index (χ4n) is 1.52. The van der Waals surface area contributed by atoms with E-state index in [9.17, 15) is 0 Å². The molecule has 17 heavy (non-hydrogen) atoms. The van der Waals surface area contributed by atoms with Crippen LogP contribution < -0.4 is 10.6 Å². The molecule has 88 valence electrons. The predicted molar refractivity (Wildman–Crippen MR) is 74.3 cm³/mol. The van der Waals surface area contributed by atoms with E-state index in [1.165, 1.54) is 5.56 Å². The third-order valence-corrected chi connectivity index (χ3v) is 3.20. The molecule has 0 spiro atoms. The number of thiophene rings is 1. The van der Waals surface area contributed by atoms with E-state index in [4.69, 9.17) is 18.0 Å². The van der Waals surface area contributed by atoms with Crippen molar-refractivity contribution in [3.63, 3.8) is 0 Å². The quantitative estimate of drug-likeness (QED) is 0.854. The lowest BCUT2D eigenvalue weighted by Gasteiger charge is -2.19. The molecule has 0 radical (unpaired) electrons. The molecule has 0 aliphatic carbocycles. The first kappa shape index (κ1) is 11.9. The molecule has 0 unspecified atom stereocenters. The summed E-state index contributed by atoms with van der Waals surface area (Å²) in [6.07, 6.45) is 3.23. The summed E-state index contributed by atoms with van der Waals surface area (Å²) in [5, 5.41) is 4.15. The molecule has 0 bridgehead atoms. The lowest BCUT2D eigenvalue weighted by molar-refractivity contribution is 0.890. The topological polar surface area (TPSA) is 55.0 Å². The maximum atomic E-state index is 5.63. The molecule has 0 amide bonds. The summed E-state index contributed by atoms with van der Waals surface area (Å²) < 4.78 is 0. The Hall–Kier alpha value is -1.53. The van der Waals surface area contributed by atoms with E-state index in [0.29, 0.717) is 11.5 Å². The first-order chi connectivity index (χ1) is 8.18. The molecule has 2 aromatic heterocycles. The minimum atomic E-state index is 0.269. The first-order valence-corrected chi connectivity index (χ1v) is 6.36. The largest absolute Gasteiger partial charge is 0.388 e. The first-order valence-electron chi connectivity index (χ1n) is 5.01. The molecule has 2 aromatic rings. The number of nitrogens with zero attached hydrogens (tertiary/aromatic N) is 3. The number of anilines is 1. The molecule has 2 heterocycles. The second-order valence-corrected chi connectivity index (χ2v) is 4.80. The fourth-order valence-corrected chi connectivity index (χ4v) is 2.32. The molecule has 0 atom stereocenters. The predicted octanol–water partition coefficient (Wildman–Crippen LogP) is 1.81. The van der Waals surface area contributed by atoms with Crippen LogP contribution in [0.2, 0.25) is 0 Å². The van der Waals surface area contributed by atoms with Crippen LogP contribution in [0.1, 0.15) is 11.3 Å². The van der Waals surface area contributed by atoms with Crippen molar-refractivity contribution in [2.45, 2.75) is 6.54 Å². The van der Waals surface area contributed by atoms with Crippen LogP contribution in [0.3, 0.4) is 0 Å². The summed E-state index contributed by atoms with van der Waals surface area (Å²) in [5.41, 5.74) is 7.43. The van der Waals surface area contributed by atoms with Gasteiger partial charge in [0, 0.05) is 26.0 Å². The van der Waals surface area contributed by atoms with Crippen LogP contribution >= 0.6 is 23.6 Å². The van der Waals surface area contributed by atoms with E-state index in [-0.39, 0.29) is 4.99 Å². The molecule has 2 rings (SSSR count). The summed E-state index contributed by atoms with van der Waals surface area (Å²) in [7, 11) is 1.95. The highest BCUT2D eigenvalue weighted by molar-refractivity contribution is 7.80. The Morgan fingerprint density at radius 1 is 1.47 bits per heavy atom. The van der Waals surface area contributed by atoms with Gasteiger partial charge in [-0.05, 0) is 22.4 Å². The Balaban J connectivity index is 2.24. The van der Waals surface area contributed by atoms with Gasteiger partial charge in [0.1, 0.15) is 10.7 Å². The van der Waals surface area contributed by atoms with Crippen molar-refractivity contribution in [3.8, 4) is 0 Å². The Morgan fingerprint density at radius 2 is 2.24 bits per heavy atom. The van der Waals surface area contributed by atoms with Gasteiger partial charge in [-0.1, -0.05) is 12.2 Å². The van der Waals surface area contributed by atoms with Crippen LogP contribution in [-0.4, -0.2) is 22.0 Å². The van der Waals surface area contributed by atoms with E-state index >= 15 is 0 Å². The van der Waals surface area contributed by atoms with E-state index in [0.717, 1.165) is 6.54 Å². The highest BCUT2D eigenvalue weighted by Gasteiger charge is 2.12. The number of aromatic nitrogens is 2. The molecule has 0 saturated carbocycles. The van der Waals surface area contributed by atoms with Crippen LogP contribution in [0.5, 0.6) is 0 Å². The second kappa shape index (κ2) is 5.20. The number of nitrogens with two attached hydrogens (primary N) is 1. The third-order valence-electron chi connectivity index (χ3n) is 2.27. The van der Waals surface area contributed by atoms with Gasteiger partial charge in [-0.3, -0.25) is 0 Å². The lowest BCUT2D eigenvalue weighted by atomic mass is 10.3. The minimum absolute atomic E-state index is 0.269. The van der Waals surface area contributed by atoms with Crippen LogP contribution in [0.25, 0.3) is 0 Å². The van der Waals surface area contributed by atoms with Crippen molar-refractivity contribution >= 4 is 34.4 Å². The van der Waals surface area contributed by atoms with Crippen molar-refractivity contribution < 1.29 is 0 Å². The SMILES string of the molecule is CN(Cc1ccsc1)c1nccnc1C(N)=S. The monoisotopic (exact) mass is 264 g/mol. The third kappa shape index (κ3) is 2.78. The van der Waals surface area contributed by atoms with Gasteiger partial charge in [0.15, 0.2) is 5.82 Å². The van der Waals surface area contributed by atoms with Gasteiger partial charge in [-0.2, -0.15) is 11.3 Å². The summed E-state index contributed by atoms with van der Waals surface area (Å²) in [4.78, 5) is 10.7. The summed E-state index contributed by atoms with van der Waals surface area (Å²) in [5.74, 6) is 0.714. The average Bonchev–Trinajstić information content (AvgIpc) is 2.81. The van der Waals surface area contributed by atoms with E-state index < -0.39 is 0 Å².